The molecular weight excluding hydrogens is 258 g/mol. The van der Waals surface area contributed by atoms with E-state index in [2.05, 4.69) is 4.74 Å². The molecule has 4 nitrogen and oxygen atoms in total. The molecule has 0 bridgehead atoms. The minimum Gasteiger partial charge on any atom is -0.495 e. The van der Waals surface area contributed by atoms with Crippen LogP contribution in [0.5, 0.6) is 5.75 Å². The van der Waals surface area contributed by atoms with E-state index in [1.54, 1.807) is 6.92 Å². The van der Waals surface area contributed by atoms with Gasteiger partial charge < -0.3 is 9.47 Å². The number of hydrogen-bond donors (Lipinski definition) is 0. The minimum absolute atomic E-state index is 0.0243. The normalized spacial score (nSPS) is 11.0. The molecular formula is C13H14F2O4. The van der Waals surface area contributed by atoms with Gasteiger partial charge >= 0.3 is 5.97 Å². The molecule has 0 amide bonds. The fourth-order valence-electron chi connectivity index (χ4n) is 1.59. The lowest BCUT2D eigenvalue weighted by atomic mass is 10.0. The summed E-state index contributed by atoms with van der Waals surface area (Å²) in [4.78, 5) is 23.2. The molecule has 0 N–H and O–H groups in total. The van der Waals surface area contributed by atoms with Gasteiger partial charge in [-0.1, -0.05) is 6.07 Å². The van der Waals surface area contributed by atoms with Crippen molar-refractivity contribution in [2.75, 3.05) is 13.7 Å². The van der Waals surface area contributed by atoms with E-state index >= 15 is 0 Å². The molecule has 19 heavy (non-hydrogen) atoms. The van der Waals surface area contributed by atoms with Crippen molar-refractivity contribution < 1.29 is 27.8 Å². The Hall–Kier alpha value is -1.98. The maximum atomic E-state index is 13.4. The Morgan fingerprint density at radius 2 is 1.95 bits per heavy atom. The molecule has 0 aliphatic heterocycles. The zero-order valence-corrected chi connectivity index (χ0v) is 10.8. The summed E-state index contributed by atoms with van der Waals surface area (Å²) in [6, 6.07) is 3.65. The standard InChI is InChI=1S/C13H14F2O4/c1-4-19-12(17)10(16)8-6-5-7-9(11(8)18-3)13(2,14)15/h5-7H,4H2,1-3H3. The first-order chi connectivity index (χ1) is 8.82. The quantitative estimate of drug-likeness (QED) is 0.469. The minimum atomic E-state index is -3.18. The Morgan fingerprint density at radius 3 is 2.42 bits per heavy atom. The number of alkyl halides is 2. The molecule has 0 aliphatic carbocycles. The first kappa shape index (κ1) is 15.1. The molecule has 1 rings (SSSR count). The number of carbonyl (C=O) groups excluding carboxylic acids is 2. The molecule has 104 valence electrons. The number of esters is 1. The van der Waals surface area contributed by atoms with Crippen molar-refractivity contribution in [2.24, 2.45) is 0 Å². The first-order valence-electron chi connectivity index (χ1n) is 5.59. The zero-order valence-electron chi connectivity index (χ0n) is 10.8. The van der Waals surface area contributed by atoms with Gasteiger partial charge in [0.2, 0.25) is 0 Å². The van der Waals surface area contributed by atoms with Gasteiger partial charge in [-0.05, 0) is 19.1 Å². The van der Waals surface area contributed by atoms with Crippen molar-refractivity contribution in [1.29, 1.82) is 0 Å². The summed E-state index contributed by atoms with van der Waals surface area (Å²) >= 11 is 0. The highest BCUT2D eigenvalue weighted by molar-refractivity contribution is 6.41. The highest BCUT2D eigenvalue weighted by atomic mass is 19.3. The third-order valence-electron chi connectivity index (χ3n) is 2.40. The summed E-state index contributed by atoms with van der Waals surface area (Å²) in [7, 11) is 1.16. The molecule has 0 atom stereocenters. The van der Waals surface area contributed by atoms with E-state index in [4.69, 9.17) is 4.74 Å². The average molecular weight is 272 g/mol. The lowest BCUT2D eigenvalue weighted by Gasteiger charge is -2.17. The summed E-state index contributed by atoms with van der Waals surface area (Å²) in [5, 5.41) is 0. The van der Waals surface area contributed by atoms with Crippen molar-refractivity contribution >= 4 is 11.8 Å². The van der Waals surface area contributed by atoms with Crippen molar-refractivity contribution in [3.63, 3.8) is 0 Å². The number of rotatable bonds is 5. The van der Waals surface area contributed by atoms with E-state index < -0.39 is 23.2 Å². The molecule has 0 saturated carbocycles. The van der Waals surface area contributed by atoms with Crippen LogP contribution >= 0.6 is 0 Å². The topological polar surface area (TPSA) is 52.6 Å². The van der Waals surface area contributed by atoms with Crippen LogP contribution in [-0.4, -0.2) is 25.5 Å². The lowest BCUT2D eigenvalue weighted by Crippen LogP contribution is -2.20. The Labute approximate surface area is 109 Å². The number of hydrogen-bond acceptors (Lipinski definition) is 4. The van der Waals surface area contributed by atoms with Crippen LogP contribution in [0.4, 0.5) is 8.78 Å². The van der Waals surface area contributed by atoms with Crippen molar-refractivity contribution in [3.05, 3.63) is 29.3 Å². The smallest absolute Gasteiger partial charge is 0.379 e. The molecule has 0 aromatic heterocycles. The molecule has 0 fully saturated rings. The van der Waals surface area contributed by atoms with Crippen LogP contribution in [-0.2, 0) is 15.5 Å². The second-order valence-electron chi connectivity index (χ2n) is 3.82. The van der Waals surface area contributed by atoms with Crippen LogP contribution in [0, 0.1) is 0 Å². The maximum Gasteiger partial charge on any atom is 0.379 e. The van der Waals surface area contributed by atoms with Crippen LogP contribution < -0.4 is 4.74 Å². The number of para-hydroxylation sites is 1. The van der Waals surface area contributed by atoms with E-state index in [1.807, 2.05) is 0 Å². The SMILES string of the molecule is CCOC(=O)C(=O)c1cccc(C(C)(F)F)c1OC. The lowest BCUT2D eigenvalue weighted by molar-refractivity contribution is -0.137. The molecule has 1 aromatic rings. The van der Waals surface area contributed by atoms with Gasteiger partial charge in [-0.2, -0.15) is 0 Å². The molecule has 0 spiro atoms. The van der Waals surface area contributed by atoms with Crippen molar-refractivity contribution in [3.8, 4) is 5.75 Å². The van der Waals surface area contributed by atoms with Gasteiger partial charge in [0.1, 0.15) is 5.75 Å². The maximum absolute atomic E-state index is 13.4. The fraction of sp³-hybridized carbons (Fsp3) is 0.385. The zero-order chi connectivity index (χ0) is 14.6. The number of ether oxygens (including phenoxy) is 2. The van der Waals surface area contributed by atoms with Gasteiger partial charge in [-0.15, -0.1) is 0 Å². The largest absolute Gasteiger partial charge is 0.495 e. The van der Waals surface area contributed by atoms with Crippen molar-refractivity contribution in [1.82, 2.24) is 0 Å². The predicted octanol–water partition coefficient (Wildman–Crippen LogP) is 2.55. The molecule has 0 saturated heterocycles. The Balaban J connectivity index is 3.30. The Bertz CT molecular complexity index is 492. The fourth-order valence-corrected chi connectivity index (χ4v) is 1.59. The van der Waals surface area contributed by atoms with Gasteiger partial charge in [0.05, 0.1) is 24.8 Å². The number of carbonyl (C=O) groups is 2. The summed E-state index contributed by atoms with van der Waals surface area (Å²) < 4.78 is 36.2. The monoisotopic (exact) mass is 272 g/mol. The number of Topliss-reactive ketones (excluding diaryl/α,β-unsaturated/α-hetero) is 1. The molecule has 1 aromatic carbocycles. The number of methoxy groups -OCH3 is 1. The van der Waals surface area contributed by atoms with Crippen LogP contribution in [0.2, 0.25) is 0 Å². The summed E-state index contributed by atoms with van der Waals surface area (Å²) in [6.45, 7) is 2.25. The highest BCUT2D eigenvalue weighted by Crippen LogP contribution is 2.36. The Morgan fingerprint density at radius 1 is 1.32 bits per heavy atom. The molecule has 0 radical (unpaired) electrons. The molecule has 6 heteroatoms. The van der Waals surface area contributed by atoms with Crippen LogP contribution in [0.15, 0.2) is 18.2 Å². The highest BCUT2D eigenvalue weighted by Gasteiger charge is 2.32. The first-order valence-corrected chi connectivity index (χ1v) is 5.59. The average Bonchev–Trinajstić information content (AvgIpc) is 2.36. The van der Waals surface area contributed by atoms with Gasteiger partial charge in [0.25, 0.3) is 11.7 Å². The van der Waals surface area contributed by atoms with E-state index in [0.29, 0.717) is 6.92 Å². The van der Waals surface area contributed by atoms with E-state index in [-0.39, 0.29) is 17.9 Å². The second-order valence-corrected chi connectivity index (χ2v) is 3.82. The number of halogens is 2. The van der Waals surface area contributed by atoms with Gasteiger partial charge in [0, 0.05) is 6.92 Å². The molecule has 0 aliphatic rings. The van der Waals surface area contributed by atoms with E-state index in [1.165, 1.54) is 12.1 Å². The van der Waals surface area contributed by atoms with E-state index in [0.717, 1.165) is 13.2 Å². The second kappa shape index (κ2) is 5.77. The summed E-state index contributed by atoms with van der Waals surface area (Å²) in [5.74, 6) is -5.61. The van der Waals surface area contributed by atoms with Gasteiger partial charge in [-0.3, -0.25) is 4.79 Å². The van der Waals surface area contributed by atoms with Crippen LogP contribution in [0.3, 0.4) is 0 Å². The van der Waals surface area contributed by atoms with Gasteiger partial charge in [-0.25, -0.2) is 13.6 Å². The van der Waals surface area contributed by atoms with Gasteiger partial charge in [0.15, 0.2) is 0 Å². The predicted molar refractivity (Wildman–Crippen MR) is 63.5 cm³/mol. The molecule has 0 unspecified atom stereocenters. The molecule has 0 heterocycles. The third kappa shape index (κ3) is 3.27. The third-order valence-corrected chi connectivity index (χ3v) is 2.40. The number of benzene rings is 1. The number of ketones is 1. The van der Waals surface area contributed by atoms with Crippen LogP contribution in [0.1, 0.15) is 29.8 Å². The summed E-state index contributed by atoms with van der Waals surface area (Å²) in [6.07, 6.45) is 0. The Kier molecular flexibility index (Phi) is 4.58. The van der Waals surface area contributed by atoms with E-state index in [9.17, 15) is 18.4 Å². The summed E-state index contributed by atoms with van der Waals surface area (Å²) in [5.41, 5.74) is -0.690. The van der Waals surface area contributed by atoms with Crippen LogP contribution in [0.25, 0.3) is 0 Å². The van der Waals surface area contributed by atoms with Crippen molar-refractivity contribution in [2.45, 2.75) is 19.8 Å².